The third-order valence-corrected chi connectivity index (χ3v) is 4.58. The number of nitrogens with two attached hydrogens (primary N) is 1. The van der Waals surface area contributed by atoms with E-state index in [9.17, 15) is 13.2 Å². The Morgan fingerprint density at radius 2 is 1.95 bits per heavy atom. The molecule has 2 rings (SSSR count). The highest BCUT2D eigenvalue weighted by Crippen LogP contribution is 2.22. The number of benzene rings is 1. The summed E-state index contributed by atoms with van der Waals surface area (Å²) >= 11 is 0. The maximum absolute atomic E-state index is 11.9. The summed E-state index contributed by atoms with van der Waals surface area (Å²) in [4.78, 5) is 11.9. The topological polar surface area (TPSA) is 101 Å². The number of carbonyl (C=O) groups excluding carboxylic acids is 1. The molecule has 7 heteroatoms. The van der Waals surface area contributed by atoms with Crippen LogP contribution < -0.4 is 15.8 Å². The second-order valence-corrected chi connectivity index (χ2v) is 6.58. The Bertz CT molecular complexity index is 607. The number of urea groups is 1. The number of hydrogen-bond acceptors (Lipinski definition) is 3. The molecule has 1 aromatic rings. The van der Waals surface area contributed by atoms with Crippen molar-refractivity contribution in [2.45, 2.75) is 43.5 Å². The molecule has 0 bridgehead atoms. The normalized spacial score (nSPS) is 16.1. The van der Waals surface area contributed by atoms with Crippen molar-refractivity contribution in [1.82, 2.24) is 5.32 Å². The minimum absolute atomic E-state index is 0.0242. The summed E-state index contributed by atoms with van der Waals surface area (Å²) in [7, 11) is -3.79. The van der Waals surface area contributed by atoms with E-state index < -0.39 is 10.0 Å². The van der Waals surface area contributed by atoms with Crippen LogP contribution in [0.4, 0.5) is 10.5 Å². The molecule has 0 spiro atoms. The summed E-state index contributed by atoms with van der Waals surface area (Å²) in [6.07, 6.45) is 4.24. The lowest BCUT2D eigenvalue weighted by Crippen LogP contribution is -2.36. The van der Waals surface area contributed by atoms with E-state index in [0.717, 1.165) is 25.7 Å². The van der Waals surface area contributed by atoms with Crippen LogP contribution in [0.2, 0.25) is 0 Å². The van der Waals surface area contributed by atoms with E-state index in [4.69, 9.17) is 5.14 Å². The zero-order valence-corrected chi connectivity index (χ0v) is 12.2. The quantitative estimate of drug-likeness (QED) is 0.791. The average Bonchev–Trinajstić information content (AvgIpc) is 2.83. The zero-order chi connectivity index (χ0) is 14.8. The third kappa shape index (κ3) is 3.49. The number of nitrogens with one attached hydrogen (secondary N) is 2. The molecule has 4 N–H and O–H groups in total. The number of hydrogen-bond donors (Lipinski definition) is 3. The molecule has 20 heavy (non-hydrogen) atoms. The van der Waals surface area contributed by atoms with Crippen LogP contribution >= 0.6 is 0 Å². The number of primary sulfonamides is 1. The summed E-state index contributed by atoms with van der Waals surface area (Å²) in [5, 5.41) is 10.7. The van der Waals surface area contributed by atoms with E-state index in [-0.39, 0.29) is 17.0 Å². The van der Waals surface area contributed by atoms with Crippen LogP contribution in [0.3, 0.4) is 0 Å². The number of carbonyl (C=O) groups is 1. The van der Waals surface area contributed by atoms with E-state index in [1.54, 1.807) is 19.1 Å². The zero-order valence-electron chi connectivity index (χ0n) is 11.3. The monoisotopic (exact) mass is 297 g/mol. The SMILES string of the molecule is Cc1c(NC(=O)NC2CCCC2)cccc1S(N)(=O)=O. The van der Waals surface area contributed by atoms with E-state index >= 15 is 0 Å². The van der Waals surface area contributed by atoms with Gasteiger partial charge in [-0.05, 0) is 37.5 Å². The van der Waals surface area contributed by atoms with Gasteiger partial charge in [0.1, 0.15) is 0 Å². The first-order chi connectivity index (χ1) is 9.38. The standard InChI is InChI=1S/C13H19N3O3S/c1-9-11(7-4-8-12(9)20(14,18)19)16-13(17)15-10-5-2-3-6-10/h4,7-8,10H,2-3,5-6H2,1H3,(H2,14,18,19)(H2,15,16,17). The van der Waals surface area contributed by atoms with Crippen molar-refractivity contribution in [3.8, 4) is 0 Å². The van der Waals surface area contributed by atoms with Crippen molar-refractivity contribution < 1.29 is 13.2 Å². The summed E-state index contributed by atoms with van der Waals surface area (Å²) in [6, 6.07) is 4.52. The Labute approximate surface area is 118 Å². The fourth-order valence-electron chi connectivity index (χ4n) is 2.47. The molecule has 0 saturated heterocycles. The Morgan fingerprint density at radius 1 is 1.30 bits per heavy atom. The lowest BCUT2D eigenvalue weighted by molar-refractivity contribution is 0.248. The molecule has 1 aromatic carbocycles. The molecule has 1 fully saturated rings. The summed E-state index contributed by atoms with van der Waals surface area (Å²) < 4.78 is 22.8. The summed E-state index contributed by atoms with van der Waals surface area (Å²) in [5.74, 6) is 0. The predicted octanol–water partition coefficient (Wildman–Crippen LogP) is 1.71. The highest BCUT2D eigenvalue weighted by molar-refractivity contribution is 7.89. The molecule has 0 atom stereocenters. The number of amides is 2. The van der Waals surface area contributed by atoms with Gasteiger partial charge in [-0.25, -0.2) is 18.4 Å². The van der Waals surface area contributed by atoms with E-state index in [2.05, 4.69) is 10.6 Å². The summed E-state index contributed by atoms with van der Waals surface area (Å²) in [6.45, 7) is 1.62. The van der Waals surface area contributed by atoms with E-state index in [0.29, 0.717) is 11.3 Å². The highest BCUT2D eigenvalue weighted by Gasteiger charge is 2.18. The fraction of sp³-hybridized carbons (Fsp3) is 0.462. The van der Waals surface area contributed by atoms with Crippen LogP contribution in [0.15, 0.2) is 23.1 Å². The Kier molecular flexibility index (Phi) is 4.29. The lowest BCUT2D eigenvalue weighted by Gasteiger charge is -2.15. The molecule has 6 nitrogen and oxygen atoms in total. The molecule has 0 heterocycles. The van der Waals surface area contributed by atoms with Crippen molar-refractivity contribution in [1.29, 1.82) is 0 Å². The molecule has 0 radical (unpaired) electrons. The first kappa shape index (κ1) is 14.8. The maximum Gasteiger partial charge on any atom is 0.319 e. The van der Waals surface area contributed by atoms with Gasteiger partial charge in [0, 0.05) is 11.7 Å². The van der Waals surface area contributed by atoms with E-state index in [1.165, 1.54) is 6.07 Å². The molecule has 2 amide bonds. The maximum atomic E-state index is 11.9. The predicted molar refractivity (Wildman–Crippen MR) is 77.0 cm³/mol. The third-order valence-electron chi connectivity index (χ3n) is 3.53. The second-order valence-electron chi connectivity index (χ2n) is 5.05. The molecule has 0 aromatic heterocycles. The molecule has 0 aliphatic heterocycles. The average molecular weight is 297 g/mol. The second kappa shape index (κ2) is 5.80. The van der Waals surface area contributed by atoms with Crippen LogP contribution in [0.1, 0.15) is 31.2 Å². The Hall–Kier alpha value is -1.60. The van der Waals surface area contributed by atoms with Crippen LogP contribution in [-0.2, 0) is 10.0 Å². The Balaban J connectivity index is 2.11. The van der Waals surface area contributed by atoms with Gasteiger partial charge in [-0.15, -0.1) is 0 Å². The number of anilines is 1. The van der Waals surface area contributed by atoms with Gasteiger partial charge in [0.05, 0.1) is 4.90 Å². The van der Waals surface area contributed by atoms with Gasteiger partial charge in [0.15, 0.2) is 0 Å². The first-order valence-corrected chi connectivity index (χ1v) is 8.12. The van der Waals surface area contributed by atoms with E-state index in [1.807, 2.05) is 0 Å². The van der Waals surface area contributed by atoms with Crippen LogP contribution in [0.25, 0.3) is 0 Å². The molecule has 1 aliphatic rings. The minimum atomic E-state index is -3.79. The largest absolute Gasteiger partial charge is 0.335 e. The van der Waals surface area contributed by atoms with Crippen molar-refractivity contribution >= 4 is 21.7 Å². The van der Waals surface area contributed by atoms with Crippen LogP contribution in [0, 0.1) is 6.92 Å². The van der Waals surface area contributed by atoms with Crippen LogP contribution in [-0.4, -0.2) is 20.5 Å². The number of rotatable bonds is 3. The van der Waals surface area contributed by atoms with Gasteiger partial charge in [0.25, 0.3) is 0 Å². The van der Waals surface area contributed by atoms with Crippen molar-refractivity contribution in [2.24, 2.45) is 5.14 Å². The smallest absolute Gasteiger partial charge is 0.319 e. The number of sulfonamides is 1. The first-order valence-electron chi connectivity index (χ1n) is 6.58. The van der Waals surface area contributed by atoms with Gasteiger partial charge < -0.3 is 10.6 Å². The van der Waals surface area contributed by atoms with Crippen molar-refractivity contribution in [2.75, 3.05) is 5.32 Å². The molecular formula is C13H19N3O3S. The molecule has 0 unspecified atom stereocenters. The molecule has 1 aliphatic carbocycles. The van der Waals surface area contributed by atoms with Gasteiger partial charge in [-0.2, -0.15) is 0 Å². The van der Waals surface area contributed by atoms with Gasteiger partial charge in [0.2, 0.25) is 10.0 Å². The summed E-state index contributed by atoms with van der Waals surface area (Å²) in [5.41, 5.74) is 0.892. The van der Waals surface area contributed by atoms with Gasteiger partial charge in [-0.1, -0.05) is 18.9 Å². The Morgan fingerprint density at radius 3 is 2.55 bits per heavy atom. The highest BCUT2D eigenvalue weighted by atomic mass is 32.2. The lowest BCUT2D eigenvalue weighted by atomic mass is 10.2. The minimum Gasteiger partial charge on any atom is -0.335 e. The fourth-order valence-corrected chi connectivity index (χ4v) is 3.28. The molecule has 110 valence electrons. The molecular weight excluding hydrogens is 278 g/mol. The van der Waals surface area contributed by atoms with Crippen molar-refractivity contribution in [3.63, 3.8) is 0 Å². The van der Waals surface area contributed by atoms with Crippen LogP contribution in [0.5, 0.6) is 0 Å². The van der Waals surface area contributed by atoms with Gasteiger partial charge in [-0.3, -0.25) is 0 Å². The molecule has 1 saturated carbocycles. The van der Waals surface area contributed by atoms with Crippen molar-refractivity contribution in [3.05, 3.63) is 23.8 Å². The van der Waals surface area contributed by atoms with Gasteiger partial charge >= 0.3 is 6.03 Å².